The molecular formula is C22H28N2O6S. The molecule has 2 atom stereocenters. The van der Waals surface area contributed by atoms with E-state index >= 15 is 0 Å². The van der Waals surface area contributed by atoms with Crippen molar-refractivity contribution in [3.05, 3.63) is 39.3 Å². The normalized spacial score (nSPS) is 20.1. The lowest BCUT2D eigenvalue weighted by Crippen LogP contribution is -2.38. The van der Waals surface area contributed by atoms with Gasteiger partial charge in [-0.05, 0) is 38.8 Å². The predicted molar refractivity (Wildman–Crippen MR) is 116 cm³/mol. The van der Waals surface area contributed by atoms with Gasteiger partial charge < -0.3 is 24.7 Å². The van der Waals surface area contributed by atoms with Crippen molar-refractivity contribution in [1.29, 1.82) is 0 Å². The van der Waals surface area contributed by atoms with Crippen molar-refractivity contribution >= 4 is 28.8 Å². The summed E-state index contributed by atoms with van der Waals surface area (Å²) in [6.07, 6.45) is -2.40. The number of thiazole rings is 1. The standard InChI is InChI=1S/C22H28N2O6S/c1-11(2)17-12(3)31-15(24-17)10-28-14-9-7-8-13(23)16(14)18(25)19-20(21(26)27-6)30-22(4,5)29-19/h7-9,11,19-20H,10,23H2,1-6H3/t19-,20+/m1/s1. The quantitative estimate of drug-likeness (QED) is 0.389. The molecule has 0 aliphatic carbocycles. The fourth-order valence-electron chi connectivity index (χ4n) is 3.52. The summed E-state index contributed by atoms with van der Waals surface area (Å²) in [5.74, 6) is -1.73. The first-order valence-corrected chi connectivity index (χ1v) is 10.8. The Morgan fingerprint density at radius 3 is 2.55 bits per heavy atom. The molecule has 3 rings (SSSR count). The second kappa shape index (κ2) is 8.94. The van der Waals surface area contributed by atoms with Crippen molar-refractivity contribution in [1.82, 2.24) is 4.98 Å². The summed E-state index contributed by atoms with van der Waals surface area (Å²) in [4.78, 5) is 31.3. The van der Waals surface area contributed by atoms with Gasteiger partial charge in [-0.15, -0.1) is 11.3 Å². The number of aromatic nitrogens is 1. The van der Waals surface area contributed by atoms with Gasteiger partial charge in [-0.25, -0.2) is 9.78 Å². The molecule has 0 radical (unpaired) electrons. The van der Waals surface area contributed by atoms with Crippen LogP contribution < -0.4 is 10.5 Å². The third-order valence-corrected chi connectivity index (χ3v) is 5.83. The van der Waals surface area contributed by atoms with Crippen molar-refractivity contribution in [2.24, 2.45) is 0 Å². The molecule has 0 spiro atoms. The molecule has 9 heteroatoms. The maximum Gasteiger partial charge on any atom is 0.338 e. The smallest absolute Gasteiger partial charge is 0.338 e. The molecule has 1 aliphatic heterocycles. The maximum atomic E-state index is 13.4. The van der Waals surface area contributed by atoms with E-state index in [9.17, 15) is 9.59 Å². The Morgan fingerprint density at radius 2 is 1.94 bits per heavy atom. The lowest BCUT2D eigenvalue weighted by Gasteiger charge is -2.18. The van der Waals surface area contributed by atoms with Gasteiger partial charge in [0.25, 0.3) is 0 Å². The molecule has 1 fully saturated rings. The van der Waals surface area contributed by atoms with Crippen molar-refractivity contribution in [3.63, 3.8) is 0 Å². The third-order valence-electron chi connectivity index (χ3n) is 4.87. The summed E-state index contributed by atoms with van der Waals surface area (Å²) in [6, 6.07) is 4.95. The van der Waals surface area contributed by atoms with Crippen LogP contribution in [0.3, 0.4) is 0 Å². The van der Waals surface area contributed by atoms with E-state index in [1.165, 1.54) is 7.11 Å². The number of nitrogens with zero attached hydrogens (tertiary/aromatic N) is 1. The number of benzene rings is 1. The van der Waals surface area contributed by atoms with E-state index in [4.69, 9.17) is 24.7 Å². The molecule has 31 heavy (non-hydrogen) atoms. The van der Waals surface area contributed by atoms with E-state index in [1.807, 2.05) is 6.92 Å². The van der Waals surface area contributed by atoms with Gasteiger partial charge >= 0.3 is 5.97 Å². The number of rotatable bonds is 7. The molecule has 8 nitrogen and oxygen atoms in total. The van der Waals surface area contributed by atoms with Crippen molar-refractivity contribution < 1.29 is 28.5 Å². The molecule has 1 saturated heterocycles. The highest BCUT2D eigenvalue weighted by Gasteiger charge is 2.50. The minimum absolute atomic E-state index is 0.139. The molecule has 0 saturated carbocycles. The lowest BCUT2D eigenvalue weighted by atomic mass is 9.99. The summed E-state index contributed by atoms with van der Waals surface area (Å²) < 4.78 is 22.0. The van der Waals surface area contributed by atoms with Gasteiger partial charge in [0.1, 0.15) is 17.4 Å². The summed E-state index contributed by atoms with van der Waals surface area (Å²) in [7, 11) is 1.23. The fraction of sp³-hybridized carbons (Fsp3) is 0.500. The molecule has 1 aromatic heterocycles. The molecule has 0 unspecified atom stereocenters. The van der Waals surface area contributed by atoms with Crippen LogP contribution in [-0.4, -0.2) is 41.8 Å². The Bertz CT molecular complexity index is 984. The monoisotopic (exact) mass is 448 g/mol. The van der Waals surface area contributed by atoms with Crippen LogP contribution in [0.25, 0.3) is 0 Å². The van der Waals surface area contributed by atoms with Crippen LogP contribution in [0, 0.1) is 6.92 Å². The second-order valence-electron chi connectivity index (χ2n) is 8.08. The summed E-state index contributed by atoms with van der Waals surface area (Å²) in [6.45, 7) is 9.64. The van der Waals surface area contributed by atoms with Crippen molar-refractivity contribution in [2.45, 2.75) is 65.1 Å². The van der Waals surface area contributed by atoms with E-state index in [0.29, 0.717) is 11.7 Å². The molecule has 1 aromatic carbocycles. The third kappa shape index (κ3) is 4.89. The number of carbonyl (C=O) groups is 2. The van der Waals surface area contributed by atoms with E-state index in [2.05, 4.69) is 18.8 Å². The number of Topliss-reactive ketones (excluding diaryl/α,β-unsaturated/α-hetero) is 1. The van der Waals surface area contributed by atoms with Gasteiger partial charge in [-0.1, -0.05) is 19.9 Å². The number of carbonyl (C=O) groups excluding carboxylic acids is 2. The largest absolute Gasteiger partial charge is 0.486 e. The van der Waals surface area contributed by atoms with Gasteiger partial charge in [0.05, 0.1) is 18.4 Å². The van der Waals surface area contributed by atoms with Gasteiger partial charge in [0.15, 0.2) is 18.0 Å². The number of hydrogen-bond donors (Lipinski definition) is 1. The Kier molecular flexibility index (Phi) is 6.68. The minimum Gasteiger partial charge on any atom is -0.486 e. The van der Waals surface area contributed by atoms with E-state index < -0.39 is 29.7 Å². The topological polar surface area (TPSA) is 110 Å². The van der Waals surface area contributed by atoms with E-state index in [-0.39, 0.29) is 17.9 Å². The van der Waals surface area contributed by atoms with Gasteiger partial charge in [0.2, 0.25) is 5.78 Å². The molecule has 0 bridgehead atoms. The zero-order valence-corrected chi connectivity index (χ0v) is 19.4. The molecule has 0 amide bonds. The lowest BCUT2D eigenvalue weighted by molar-refractivity contribution is -0.167. The van der Waals surface area contributed by atoms with Crippen LogP contribution in [0.1, 0.15) is 59.5 Å². The highest BCUT2D eigenvalue weighted by Crippen LogP contribution is 2.35. The predicted octanol–water partition coefficient (Wildman–Crippen LogP) is 3.61. The highest BCUT2D eigenvalue weighted by molar-refractivity contribution is 7.11. The highest BCUT2D eigenvalue weighted by atomic mass is 32.1. The number of aryl methyl sites for hydroxylation is 1. The zero-order valence-electron chi connectivity index (χ0n) is 18.6. The first-order valence-electron chi connectivity index (χ1n) is 9.99. The number of ketones is 1. The minimum atomic E-state index is -1.20. The van der Waals surface area contributed by atoms with Crippen LogP contribution >= 0.6 is 11.3 Å². The molecule has 2 aromatic rings. The molecule has 2 heterocycles. The number of anilines is 1. The number of methoxy groups -OCH3 is 1. The zero-order chi connectivity index (χ0) is 22.9. The van der Waals surface area contributed by atoms with Crippen molar-refractivity contribution in [3.8, 4) is 5.75 Å². The Morgan fingerprint density at radius 1 is 1.26 bits per heavy atom. The second-order valence-corrected chi connectivity index (χ2v) is 9.36. The van der Waals surface area contributed by atoms with E-state index in [0.717, 1.165) is 15.6 Å². The molecular weight excluding hydrogens is 420 g/mol. The molecule has 1 aliphatic rings. The average Bonchev–Trinajstić information content (AvgIpc) is 3.24. The van der Waals surface area contributed by atoms with Crippen LogP contribution in [-0.2, 0) is 25.6 Å². The van der Waals surface area contributed by atoms with Crippen LogP contribution in [0.2, 0.25) is 0 Å². The number of ether oxygens (including phenoxy) is 4. The number of nitrogen functional groups attached to an aromatic ring is 1. The van der Waals surface area contributed by atoms with Crippen LogP contribution in [0.4, 0.5) is 5.69 Å². The fourth-order valence-corrected chi connectivity index (χ4v) is 4.52. The summed E-state index contributed by atoms with van der Waals surface area (Å²) in [5.41, 5.74) is 7.52. The van der Waals surface area contributed by atoms with Gasteiger partial charge in [0, 0.05) is 10.6 Å². The Hall–Kier alpha value is -2.49. The Balaban J connectivity index is 1.87. The average molecular weight is 449 g/mol. The first kappa shape index (κ1) is 23.2. The van der Waals surface area contributed by atoms with Gasteiger partial charge in [-0.3, -0.25) is 4.79 Å². The van der Waals surface area contributed by atoms with Crippen LogP contribution in [0.15, 0.2) is 18.2 Å². The number of hydrogen-bond acceptors (Lipinski definition) is 9. The summed E-state index contributed by atoms with van der Waals surface area (Å²) >= 11 is 1.55. The molecule has 168 valence electrons. The number of nitrogens with two attached hydrogens (primary N) is 1. The van der Waals surface area contributed by atoms with E-state index in [1.54, 1.807) is 43.4 Å². The van der Waals surface area contributed by atoms with Crippen molar-refractivity contribution in [2.75, 3.05) is 12.8 Å². The summed E-state index contributed by atoms with van der Waals surface area (Å²) in [5, 5.41) is 0.802. The maximum absolute atomic E-state index is 13.4. The number of esters is 1. The SMILES string of the molecule is COC(=O)[C@H]1OC(C)(C)O[C@@H]1C(=O)c1c(N)cccc1OCc1nc(C(C)C)c(C)s1. The van der Waals surface area contributed by atoms with Gasteiger partial charge in [-0.2, -0.15) is 0 Å². The Labute approximate surface area is 185 Å². The first-order chi connectivity index (χ1) is 14.5. The van der Waals surface area contributed by atoms with Crippen LogP contribution in [0.5, 0.6) is 5.75 Å². The molecule has 2 N–H and O–H groups in total.